The summed E-state index contributed by atoms with van der Waals surface area (Å²) < 4.78 is 1.57. The summed E-state index contributed by atoms with van der Waals surface area (Å²) in [5, 5.41) is 30.9. The van der Waals surface area contributed by atoms with E-state index in [1.807, 2.05) is 30.3 Å². The highest BCUT2D eigenvalue weighted by molar-refractivity contribution is 5.53. The summed E-state index contributed by atoms with van der Waals surface area (Å²) in [5.74, 6) is 1.13. The highest BCUT2D eigenvalue weighted by Crippen LogP contribution is 2.14. The zero-order valence-corrected chi connectivity index (χ0v) is 11.1. The van der Waals surface area contributed by atoms with Crippen LogP contribution >= 0.6 is 0 Å². The van der Waals surface area contributed by atoms with Crippen LogP contribution in [0.25, 0.3) is 11.4 Å². The number of aliphatic hydroxyl groups excluding tert-OH is 1. The number of aliphatic hydroxyl groups is 1. The van der Waals surface area contributed by atoms with Crippen molar-refractivity contribution >= 4 is 5.95 Å². The van der Waals surface area contributed by atoms with E-state index in [1.165, 1.54) is 6.33 Å². The van der Waals surface area contributed by atoms with Crippen LogP contribution in [0.1, 0.15) is 0 Å². The summed E-state index contributed by atoms with van der Waals surface area (Å²) in [6.45, 7) is 0.585. The molecule has 3 rings (SSSR count). The lowest BCUT2D eigenvalue weighted by molar-refractivity contribution is 0.161. The van der Waals surface area contributed by atoms with Gasteiger partial charge in [-0.25, -0.2) is 14.8 Å². The second-order valence-corrected chi connectivity index (χ2v) is 4.42. The van der Waals surface area contributed by atoms with Crippen LogP contribution in [0.3, 0.4) is 0 Å². The lowest BCUT2D eigenvalue weighted by atomic mass is 10.2. The van der Waals surface area contributed by atoms with Crippen molar-refractivity contribution < 1.29 is 5.11 Å². The third-order valence-corrected chi connectivity index (χ3v) is 2.87. The predicted octanol–water partition coefficient (Wildman–Crippen LogP) is -0.0688. The van der Waals surface area contributed by atoms with Crippen LogP contribution < -0.4 is 5.32 Å². The van der Waals surface area contributed by atoms with Crippen LogP contribution in [0.5, 0.6) is 0 Å². The van der Waals surface area contributed by atoms with E-state index in [1.54, 1.807) is 4.68 Å². The molecular weight excluding hydrogens is 272 g/mol. The summed E-state index contributed by atoms with van der Waals surface area (Å²) in [4.78, 5) is 3.91. The van der Waals surface area contributed by atoms with Gasteiger partial charge in [-0.1, -0.05) is 30.3 Å². The Morgan fingerprint density at radius 1 is 1.29 bits per heavy atom. The molecule has 2 heterocycles. The summed E-state index contributed by atoms with van der Waals surface area (Å²) in [5.41, 5.74) is 0.901. The number of aromatic amines is 1. The molecule has 0 amide bonds. The maximum Gasteiger partial charge on any atom is 0.218 e. The normalized spacial score (nSPS) is 12.2. The number of hydrogen-bond donors (Lipinski definition) is 3. The average molecular weight is 286 g/mol. The van der Waals surface area contributed by atoms with Gasteiger partial charge in [-0.05, 0) is 10.4 Å². The first-order chi connectivity index (χ1) is 10.3. The van der Waals surface area contributed by atoms with Crippen molar-refractivity contribution in [3.05, 3.63) is 36.7 Å². The quantitative estimate of drug-likeness (QED) is 0.580. The lowest BCUT2D eigenvalue weighted by Gasteiger charge is -2.12. The molecule has 0 saturated heterocycles. The fourth-order valence-corrected chi connectivity index (χ4v) is 1.89. The van der Waals surface area contributed by atoms with Gasteiger partial charge in [0.2, 0.25) is 5.95 Å². The van der Waals surface area contributed by atoms with Gasteiger partial charge in [0.05, 0.1) is 12.6 Å². The number of H-pyrrole nitrogens is 1. The Morgan fingerprint density at radius 3 is 2.90 bits per heavy atom. The van der Waals surface area contributed by atoms with E-state index in [2.05, 4.69) is 36.0 Å². The molecule has 3 N–H and O–H groups in total. The number of aromatic nitrogens is 7. The molecule has 0 saturated carbocycles. The predicted molar refractivity (Wildman–Crippen MR) is 74.1 cm³/mol. The third-order valence-electron chi connectivity index (χ3n) is 2.87. The van der Waals surface area contributed by atoms with Crippen LogP contribution in [0.15, 0.2) is 36.7 Å². The Morgan fingerprint density at radius 2 is 2.14 bits per heavy atom. The zero-order chi connectivity index (χ0) is 14.5. The van der Waals surface area contributed by atoms with Crippen LogP contribution in [-0.4, -0.2) is 53.1 Å². The minimum Gasteiger partial charge on any atom is -0.389 e. The molecule has 0 radical (unpaired) electrons. The van der Waals surface area contributed by atoms with E-state index in [9.17, 15) is 5.11 Å². The van der Waals surface area contributed by atoms with Gasteiger partial charge in [0.25, 0.3) is 0 Å². The van der Waals surface area contributed by atoms with Crippen molar-refractivity contribution in [2.75, 3.05) is 11.9 Å². The number of hydrogen-bond acceptors (Lipinski definition) is 7. The maximum atomic E-state index is 10.1. The van der Waals surface area contributed by atoms with Crippen molar-refractivity contribution in [3.8, 4) is 11.4 Å². The van der Waals surface area contributed by atoms with Gasteiger partial charge < -0.3 is 10.4 Å². The SMILES string of the molecule is OC(CNc1ncn[nH]1)Cn1nnnc1-c1ccccc1. The van der Waals surface area contributed by atoms with Gasteiger partial charge >= 0.3 is 0 Å². The van der Waals surface area contributed by atoms with Crippen LogP contribution in [0.2, 0.25) is 0 Å². The number of nitrogens with zero attached hydrogens (tertiary/aromatic N) is 6. The topological polar surface area (TPSA) is 117 Å². The summed E-state index contributed by atoms with van der Waals surface area (Å²) in [6, 6.07) is 9.59. The monoisotopic (exact) mass is 286 g/mol. The van der Waals surface area contributed by atoms with Gasteiger partial charge in [0.15, 0.2) is 5.82 Å². The number of nitrogens with one attached hydrogen (secondary N) is 2. The molecule has 1 atom stereocenters. The van der Waals surface area contributed by atoms with Crippen molar-refractivity contribution in [2.45, 2.75) is 12.6 Å². The number of anilines is 1. The molecule has 9 nitrogen and oxygen atoms in total. The van der Waals surface area contributed by atoms with Crippen molar-refractivity contribution in [3.63, 3.8) is 0 Å². The average Bonchev–Trinajstić information content (AvgIpc) is 3.17. The Balaban J connectivity index is 1.64. The first kappa shape index (κ1) is 13.2. The minimum absolute atomic E-state index is 0.276. The Bertz CT molecular complexity index is 666. The molecule has 1 aromatic carbocycles. The first-order valence-electron chi connectivity index (χ1n) is 6.42. The molecule has 0 spiro atoms. The smallest absolute Gasteiger partial charge is 0.218 e. The maximum absolute atomic E-state index is 10.1. The van der Waals surface area contributed by atoms with E-state index >= 15 is 0 Å². The van der Waals surface area contributed by atoms with E-state index in [0.717, 1.165) is 5.56 Å². The van der Waals surface area contributed by atoms with Crippen molar-refractivity contribution in [1.82, 2.24) is 35.4 Å². The van der Waals surface area contributed by atoms with E-state index in [-0.39, 0.29) is 6.54 Å². The van der Waals surface area contributed by atoms with Crippen molar-refractivity contribution in [2.24, 2.45) is 0 Å². The zero-order valence-electron chi connectivity index (χ0n) is 11.1. The van der Waals surface area contributed by atoms with Gasteiger partial charge in [-0.2, -0.15) is 5.10 Å². The fraction of sp³-hybridized carbons (Fsp3) is 0.250. The number of rotatable bonds is 6. The van der Waals surface area contributed by atoms with Crippen LogP contribution in [0.4, 0.5) is 5.95 Å². The Kier molecular flexibility index (Phi) is 3.83. The molecule has 0 fully saturated rings. The van der Waals surface area contributed by atoms with Gasteiger partial charge in [-0.15, -0.1) is 5.10 Å². The molecule has 3 aromatic rings. The fourth-order valence-electron chi connectivity index (χ4n) is 1.89. The molecule has 0 bridgehead atoms. The Labute approximate surface area is 120 Å². The van der Waals surface area contributed by atoms with E-state index in [4.69, 9.17) is 0 Å². The molecule has 108 valence electrons. The lowest BCUT2D eigenvalue weighted by Crippen LogP contribution is -2.26. The standard InChI is InChI=1S/C12H14N8O/c21-10(6-13-12-14-8-15-17-12)7-20-11(16-18-19-20)9-4-2-1-3-5-9/h1-5,8,10,21H,6-7H2,(H2,13,14,15,17). The molecule has 0 aliphatic heterocycles. The first-order valence-corrected chi connectivity index (χ1v) is 6.42. The van der Waals surface area contributed by atoms with Crippen molar-refractivity contribution in [1.29, 1.82) is 0 Å². The molecule has 9 heteroatoms. The number of benzene rings is 1. The summed E-state index contributed by atoms with van der Waals surface area (Å²) >= 11 is 0. The molecular formula is C12H14N8O. The second kappa shape index (κ2) is 6.09. The Hall–Kier alpha value is -2.81. The second-order valence-electron chi connectivity index (χ2n) is 4.42. The summed E-state index contributed by atoms with van der Waals surface area (Å²) in [7, 11) is 0. The highest BCUT2D eigenvalue weighted by atomic mass is 16.3. The third kappa shape index (κ3) is 3.20. The van der Waals surface area contributed by atoms with Crippen LogP contribution in [0, 0.1) is 0 Å². The molecule has 0 aliphatic rings. The minimum atomic E-state index is -0.666. The highest BCUT2D eigenvalue weighted by Gasteiger charge is 2.13. The molecule has 0 aliphatic carbocycles. The van der Waals surface area contributed by atoms with Gasteiger partial charge in [0, 0.05) is 12.1 Å². The van der Waals surface area contributed by atoms with Gasteiger partial charge in [-0.3, -0.25) is 0 Å². The largest absolute Gasteiger partial charge is 0.389 e. The summed E-state index contributed by atoms with van der Waals surface area (Å²) in [6.07, 6.45) is 0.727. The molecule has 21 heavy (non-hydrogen) atoms. The molecule has 1 unspecified atom stereocenters. The van der Waals surface area contributed by atoms with Gasteiger partial charge in [0.1, 0.15) is 6.33 Å². The van der Waals surface area contributed by atoms with E-state index < -0.39 is 6.10 Å². The number of tetrazole rings is 1. The molecule has 2 aromatic heterocycles. The van der Waals surface area contributed by atoms with Crippen LogP contribution in [-0.2, 0) is 6.54 Å². The van der Waals surface area contributed by atoms with E-state index in [0.29, 0.717) is 18.3 Å².